The summed E-state index contributed by atoms with van der Waals surface area (Å²) < 4.78 is 13.4. The fourth-order valence-electron chi connectivity index (χ4n) is 1.60. The molecule has 21 heavy (non-hydrogen) atoms. The molecule has 0 aliphatic carbocycles. The quantitative estimate of drug-likeness (QED) is 0.790. The van der Waals surface area contributed by atoms with Gasteiger partial charge in [0.25, 0.3) is 0 Å². The molecule has 1 aromatic heterocycles. The van der Waals surface area contributed by atoms with E-state index in [1.165, 1.54) is 17.4 Å². The van der Waals surface area contributed by atoms with E-state index >= 15 is 0 Å². The van der Waals surface area contributed by atoms with Gasteiger partial charge in [0.1, 0.15) is 5.82 Å². The number of rotatable bonds is 5. The minimum absolute atomic E-state index is 0.184. The number of aromatic carboxylic acids is 1. The Hall–Kier alpha value is -2.48. The van der Waals surface area contributed by atoms with Gasteiger partial charge < -0.3 is 15.7 Å². The highest BCUT2D eigenvalue weighted by Crippen LogP contribution is 2.14. The molecule has 0 saturated carbocycles. The van der Waals surface area contributed by atoms with Crippen LogP contribution in [0.15, 0.2) is 29.8 Å². The van der Waals surface area contributed by atoms with Gasteiger partial charge in [-0.15, -0.1) is 11.3 Å². The lowest BCUT2D eigenvalue weighted by Crippen LogP contribution is -2.30. The Morgan fingerprint density at radius 3 is 2.81 bits per heavy atom. The van der Waals surface area contributed by atoms with Gasteiger partial charge in [-0.3, -0.25) is 0 Å². The largest absolute Gasteiger partial charge is 0.478 e. The lowest BCUT2D eigenvalue weighted by atomic mass is 10.2. The van der Waals surface area contributed by atoms with Gasteiger partial charge in [0.2, 0.25) is 0 Å². The minimum atomic E-state index is -1.35. The molecule has 1 heterocycles. The summed E-state index contributed by atoms with van der Waals surface area (Å²) in [6, 6.07) is 2.90. The zero-order valence-corrected chi connectivity index (χ0v) is 11.6. The molecule has 6 nitrogen and oxygen atoms in total. The van der Waals surface area contributed by atoms with E-state index < -0.39 is 23.4 Å². The molecule has 110 valence electrons. The molecule has 0 aliphatic heterocycles. The molecule has 2 amide bonds. The molecule has 0 radical (unpaired) electrons. The van der Waals surface area contributed by atoms with E-state index in [9.17, 15) is 14.0 Å². The van der Waals surface area contributed by atoms with Crippen molar-refractivity contribution in [2.24, 2.45) is 0 Å². The molecule has 3 N–H and O–H groups in total. The van der Waals surface area contributed by atoms with Crippen molar-refractivity contribution >= 4 is 29.0 Å². The third kappa shape index (κ3) is 4.25. The third-order valence-electron chi connectivity index (χ3n) is 2.57. The van der Waals surface area contributed by atoms with Crippen molar-refractivity contribution < 1.29 is 19.1 Å². The SMILES string of the molecule is O=C(NCCc1nccs1)Nc1ccc(C(=O)O)c(F)c1. The average Bonchev–Trinajstić information content (AvgIpc) is 2.91. The van der Waals surface area contributed by atoms with Crippen molar-refractivity contribution in [3.63, 3.8) is 0 Å². The molecule has 0 bridgehead atoms. The highest BCUT2D eigenvalue weighted by Gasteiger charge is 2.11. The molecule has 0 spiro atoms. The summed E-state index contributed by atoms with van der Waals surface area (Å²) in [6.07, 6.45) is 2.30. The second-order valence-corrected chi connectivity index (χ2v) is 5.04. The number of anilines is 1. The van der Waals surface area contributed by atoms with Crippen molar-refractivity contribution in [1.29, 1.82) is 0 Å². The van der Waals surface area contributed by atoms with E-state index in [2.05, 4.69) is 15.6 Å². The first-order chi connectivity index (χ1) is 10.1. The smallest absolute Gasteiger partial charge is 0.338 e. The molecule has 0 unspecified atom stereocenters. The fraction of sp³-hybridized carbons (Fsp3) is 0.154. The summed E-state index contributed by atoms with van der Waals surface area (Å²) in [6.45, 7) is 0.398. The predicted octanol–water partition coefficient (Wildman–Crippen LogP) is 2.34. The molecule has 0 fully saturated rings. The van der Waals surface area contributed by atoms with Gasteiger partial charge >= 0.3 is 12.0 Å². The molecule has 2 rings (SSSR count). The number of nitrogens with zero attached hydrogens (tertiary/aromatic N) is 1. The second-order valence-electron chi connectivity index (χ2n) is 4.06. The van der Waals surface area contributed by atoms with Crippen LogP contribution in [0.25, 0.3) is 0 Å². The number of hydrogen-bond donors (Lipinski definition) is 3. The van der Waals surface area contributed by atoms with Crippen LogP contribution < -0.4 is 10.6 Å². The monoisotopic (exact) mass is 309 g/mol. The van der Waals surface area contributed by atoms with Gasteiger partial charge in [0.15, 0.2) is 0 Å². The summed E-state index contributed by atoms with van der Waals surface area (Å²) in [5.74, 6) is -2.25. The Morgan fingerprint density at radius 1 is 1.38 bits per heavy atom. The van der Waals surface area contributed by atoms with Crippen LogP contribution in [0.5, 0.6) is 0 Å². The zero-order valence-electron chi connectivity index (χ0n) is 10.8. The molecule has 0 saturated heterocycles. The average molecular weight is 309 g/mol. The standard InChI is InChI=1S/C13H12FN3O3S/c14-10-7-8(1-2-9(10)12(18)19)17-13(20)16-4-3-11-15-5-6-21-11/h1-2,5-7H,3-4H2,(H,18,19)(H2,16,17,20). The maximum Gasteiger partial charge on any atom is 0.338 e. The van der Waals surface area contributed by atoms with Crippen LogP contribution in [0.1, 0.15) is 15.4 Å². The number of carboxylic acid groups (broad SMARTS) is 1. The second kappa shape index (κ2) is 6.80. The highest BCUT2D eigenvalue weighted by molar-refractivity contribution is 7.09. The number of halogens is 1. The normalized spacial score (nSPS) is 10.1. The van der Waals surface area contributed by atoms with E-state index in [4.69, 9.17) is 5.11 Å². The van der Waals surface area contributed by atoms with E-state index in [0.29, 0.717) is 13.0 Å². The van der Waals surface area contributed by atoms with Crippen molar-refractivity contribution in [3.05, 3.63) is 46.2 Å². The summed E-state index contributed by atoms with van der Waals surface area (Å²) >= 11 is 1.50. The van der Waals surface area contributed by atoms with E-state index in [0.717, 1.165) is 17.1 Å². The number of carboxylic acids is 1. The van der Waals surface area contributed by atoms with E-state index in [-0.39, 0.29) is 5.69 Å². The van der Waals surface area contributed by atoms with E-state index in [1.54, 1.807) is 6.20 Å². The number of amides is 2. The number of urea groups is 1. The third-order valence-corrected chi connectivity index (χ3v) is 3.40. The Bertz CT molecular complexity index is 646. The van der Waals surface area contributed by atoms with Gasteiger partial charge in [0, 0.05) is 30.2 Å². The number of thiazole rings is 1. The number of carbonyl (C=O) groups excluding carboxylic acids is 1. The lowest BCUT2D eigenvalue weighted by Gasteiger charge is -2.07. The predicted molar refractivity (Wildman–Crippen MR) is 76.2 cm³/mol. The van der Waals surface area contributed by atoms with Crippen molar-refractivity contribution in [2.45, 2.75) is 6.42 Å². The number of hydrogen-bond acceptors (Lipinski definition) is 4. The molecule has 1 aromatic carbocycles. The summed E-state index contributed by atoms with van der Waals surface area (Å²) in [5.41, 5.74) is -0.256. The first-order valence-corrected chi connectivity index (χ1v) is 6.90. The summed E-state index contributed by atoms with van der Waals surface area (Å²) in [5, 5.41) is 16.5. The van der Waals surface area contributed by atoms with Crippen molar-refractivity contribution in [1.82, 2.24) is 10.3 Å². The molecular formula is C13H12FN3O3S. The van der Waals surface area contributed by atoms with Crippen molar-refractivity contribution in [3.8, 4) is 0 Å². The number of aromatic nitrogens is 1. The van der Waals surface area contributed by atoms with Crippen LogP contribution in [0.4, 0.5) is 14.9 Å². The number of carbonyl (C=O) groups is 2. The van der Waals surface area contributed by atoms with Crippen molar-refractivity contribution in [2.75, 3.05) is 11.9 Å². The zero-order chi connectivity index (χ0) is 15.2. The van der Waals surface area contributed by atoms with Gasteiger partial charge in [-0.25, -0.2) is 19.0 Å². The van der Waals surface area contributed by atoms with Gasteiger partial charge in [-0.05, 0) is 18.2 Å². The first kappa shape index (κ1) is 14.9. The van der Waals surface area contributed by atoms with E-state index in [1.807, 2.05) is 5.38 Å². The van der Waals surface area contributed by atoms with Crippen LogP contribution in [-0.4, -0.2) is 28.6 Å². The minimum Gasteiger partial charge on any atom is -0.478 e. The Morgan fingerprint density at radius 2 is 2.19 bits per heavy atom. The topological polar surface area (TPSA) is 91.3 Å². The lowest BCUT2D eigenvalue weighted by molar-refractivity contribution is 0.0692. The van der Waals surface area contributed by atoms with Crippen LogP contribution in [0, 0.1) is 5.82 Å². The van der Waals surface area contributed by atoms with Gasteiger partial charge in [0.05, 0.1) is 10.6 Å². The van der Waals surface area contributed by atoms with Gasteiger partial charge in [-0.1, -0.05) is 0 Å². The van der Waals surface area contributed by atoms with Crippen LogP contribution in [-0.2, 0) is 6.42 Å². The fourth-order valence-corrected chi connectivity index (χ4v) is 2.22. The molecular weight excluding hydrogens is 297 g/mol. The Kier molecular flexibility index (Phi) is 4.83. The molecule has 2 aromatic rings. The Labute approximate surface area is 123 Å². The van der Waals surface area contributed by atoms with Crippen LogP contribution in [0.2, 0.25) is 0 Å². The first-order valence-electron chi connectivity index (χ1n) is 6.02. The Balaban J connectivity index is 1.85. The number of benzene rings is 1. The highest BCUT2D eigenvalue weighted by atomic mass is 32.1. The maximum absolute atomic E-state index is 13.4. The maximum atomic E-state index is 13.4. The summed E-state index contributed by atoms with van der Waals surface area (Å²) in [4.78, 5) is 26.3. The summed E-state index contributed by atoms with van der Waals surface area (Å²) in [7, 11) is 0. The van der Waals surface area contributed by atoms with Gasteiger partial charge in [-0.2, -0.15) is 0 Å². The molecule has 0 aliphatic rings. The molecule has 0 atom stereocenters. The van der Waals surface area contributed by atoms with Crippen LogP contribution >= 0.6 is 11.3 Å². The number of nitrogens with one attached hydrogen (secondary N) is 2. The molecule has 8 heteroatoms. The van der Waals surface area contributed by atoms with Crippen LogP contribution in [0.3, 0.4) is 0 Å².